The quantitative estimate of drug-likeness (QED) is 0.328. The molecule has 0 radical (unpaired) electrons. The summed E-state index contributed by atoms with van der Waals surface area (Å²) < 4.78 is 12.1. The lowest BCUT2D eigenvalue weighted by atomic mass is 9.86. The van der Waals surface area contributed by atoms with Crippen LogP contribution >= 0.6 is 11.8 Å². The van der Waals surface area contributed by atoms with Gasteiger partial charge in [-0.1, -0.05) is 23.9 Å². The molecule has 0 N–H and O–H groups in total. The van der Waals surface area contributed by atoms with Crippen molar-refractivity contribution >= 4 is 34.5 Å². The van der Waals surface area contributed by atoms with Gasteiger partial charge >= 0.3 is 5.97 Å². The second kappa shape index (κ2) is 8.29. The zero-order chi connectivity index (χ0) is 21.2. The Morgan fingerprint density at radius 1 is 1.07 bits per heavy atom. The molecule has 1 unspecified atom stereocenters. The van der Waals surface area contributed by atoms with Gasteiger partial charge in [-0.05, 0) is 57.2 Å². The third-order valence-corrected chi connectivity index (χ3v) is 5.88. The van der Waals surface area contributed by atoms with Gasteiger partial charge in [0.15, 0.2) is 10.9 Å². The van der Waals surface area contributed by atoms with Crippen LogP contribution in [0, 0.1) is 5.41 Å². The molecule has 3 rings (SSSR count). The third-order valence-electron chi connectivity index (χ3n) is 4.82. The van der Waals surface area contributed by atoms with E-state index in [0.29, 0.717) is 5.16 Å². The minimum Gasteiger partial charge on any atom is -0.497 e. The fraction of sp³-hybridized carbons (Fsp3) is 0.318. The molecule has 0 aliphatic heterocycles. The maximum absolute atomic E-state index is 12.9. The number of hydrogen-bond acceptors (Lipinski definition) is 6. The summed E-state index contributed by atoms with van der Waals surface area (Å²) in [6.45, 7) is 4.96. The Bertz CT molecular complexity index is 1040. The number of thioether (sulfide) groups is 1. The summed E-state index contributed by atoms with van der Waals surface area (Å²) in [6.07, 6.45) is 0. The largest absolute Gasteiger partial charge is 0.497 e. The number of carbonyl (C=O) groups is 2. The number of rotatable bonds is 7. The molecule has 6 nitrogen and oxygen atoms in total. The molecule has 7 heteroatoms. The molecule has 0 bridgehead atoms. The maximum atomic E-state index is 12.9. The van der Waals surface area contributed by atoms with Gasteiger partial charge in [-0.2, -0.15) is 0 Å². The fourth-order valence-corrected chi connectivity index (χ4v) is 4.32. The Hall–Kier alpha value is -2.80. The van der Waals surface area contributed by atoms with Crippen molar-refractivity contribution < 1.29 is 19.1 Å². The van der Waals surface area contributed by atoms with Crippen molar-refractivity contribution in [2.24, 2.45) is 5.41 Å². The third kappa shape index (κ3) is 4.00. The fourth-order valence-electron chi connectivity index (χ4n) is 3.14. The average molecular weight is 413 g/mol. The van der Waals surface area contributed by atoms with Crippen LogP contribution in [-0.4, -0.2) is 40.8 Å². The number of hydrogen-bond donors (Lipinski definition) is 0. The number of benzene rings is 2. The van der Waals surface area contributed by atoms with E-state index in [0.717, 1.165) is 22.5 Å². The number of nitrogens with zero attached hydrogens (tertiary/aromatic N) is 2. The number of para-hydroxylation sites is 2. The molecular formula is C22H24N2O4S. The first kappa shape index (κ1) is 20.9. The van der Waals surface area contributed by atoms with Crippen molar-refractivity contribution in [1.29, 1.82) is 0 Å². The van der Waals surface area contributed by atoms with E-state index in [9.17, 15) is 9.59 Å². The molecule has 0 amide bonds. The summed E-state index contributed by atoms with van der Waals surface area (Å²) in [5, 5.41) is 0.191. The molecule has 0 saturated heterocycles. The van der Waals surface area contributed by atoms with Crippen LogP contribution in [0.4, 0.5) is 0 Å². The van der Waals surface area contributed by atoms with E-state index in [4.69, 9.17) is 14.5 Å². The molecule has 0 aliphatic rings. The van der Waals surface area contributed by atoms with Crippen LogP contribution < -0.4 is 4.74 Å². The Morgan fingerprint density at radius 3 is 2.34 bits per heavy atom. The standard InChI is InChI=1S/C22H24N2O4S/c1-14(19(25)22(2,3)20(26)28-5)29-21-23-17-8-6-7-9-18(17)24(21)15-10-12-16(27-4)13-11-15/h6-14H,1-5H3. The topological polar surface area (TPSA) is 70.4 Å². The van der Waals surface area contributed by atoms with Gasteiger partial charge in [-0.15, -0.1) is 0 Å². The van der Waals surface area contributed by atoms with E-state index in [1.165, 1.54) is 18.9 Å². The maximum Gasteiger partial charge on any atom is 0.318 e. The van der Waals surface area contributed by atoms with E-state index in [1.807, 2.05) is 53.1 Å². The van der Waals surface area contributed by atoms with Gasteiger partial charge in [0.25, 0.3) is 0 Å². The Balaban J connectivity index is 2.01. The lowest BCUT2D eigenvalue weighted by molar-refractivity contribution is -0.155. The van der Waals surface area contributed by atoms with E-state index < -0.39 is 16.6 Å². The zero-order valence-electron chi connectivity index (χ0n) is 17.1. The number of imidazole rings is 1. The van der Waals surface area contributed by atoms with Gasteiger partial charge in [0.05, 0.1) is 30.5 Å². The number of fused-ring (bicyclic) bond motifs is 1. The summed E-state index contributed by atoms with van der Waals surface area (Å²) in [7, 11) is 2.91. The van der Waals surface area contributed by atoms with E-state index in [-0.39, 0.29) is 5.78 Å². The van der Waals surface area contributed by atoms with Gasteiger partial charge in [0.2, 0.25) is 0 Å². The normalized spacial score (nSPS) is 12.6. The number of aromatic nitrogens is 2. The number of ether oxygens (including phenoxy) is 2. The first-order valence-corrected chi connectivity index (χ1v) is 10.1. The Kier molecular flexibility index (Phi) is 5.98. The van der Waals surface area contributed by atoms with Gasteiger partial charge in [0, 0.05) is 5.69 Å². The summed E-state index contributed by atoms with van der Waals surface area (Å²) in [5.41, 5.74) is 1.46. The predicted molar refractivity (Wildman–Crippen MR) is 114 cm³/mol. The molecule has 152 valence electrons. The predicted octanol–water partition coefficient (Wildman–Crippen LogP) is 4.28. The highest BCUT2D eigenvalue weighted by Gasteiger charge is 2.40. The second-order valence-corrected chi connectivity index (χ2v) is 8.47. The molecule has 1 heterocycles. The van der Waals surface area contributed by atoms with Crippen LogP contribution in [0.3, 0.4) is 0 Å². The second-order valence-electron chi connectivity index (χ2n) is 7.16. The Morgan fingerprint density at radius 2 is 1.72 bits per heavy atom. The summed E-state index contributed by atoms with van der Waals surface area (Å²) in [4.78, 5) is 29.7. The van der Waals surface area contributed by atoms with Crippen LogP contribution in [0.25, 0.3) is 16.7 Å². The molecule has 29 heavy (non-hydrogen) atoms. The van der Waals surface area contributed by atoms with Crippen molar-refractivity contribution in [2.75, 3.05) is 14.2 Å². The molecule has 0 aliphatic carbocycles. The van der Waals surface area contributed by atoms with Gasteiger partial charge in [-0.3, -0.25) is 14.2 Å². The highest BCUT2D eigenvalue weighted by Crippen LogP contribution is 2.34. The molecule has 0 fully saturated rings. The monoisotopic (exact) mass is 412 g/mol. The average Bonchev–Trinajstić information content (AvgIpc) is 3.10. The summed E-state index contributed by atoms with van der Waals surface area (Å²) in [5.74, 6) is 0.0111. The number of Topliss-reactive ketones (excluding diaryl/α,β-unsaturated/α-hetero) is 1. The molecule has 1 aromatic heterocycles. The lowest BCUT2D eigenvalue weighted by Gasteiger charge is -2.23. The number of esters is 1. The van der Waals surface area contributed by atoms with E-state index in [2.05, 4.69) is 0 Å². The smallest absolute Gasteiger partial charge is 0.318 e. The van der Waals surface area contributed by atoms with Crippen molar-refractivity contribution in [2.45, 2.75) is 31.2 Å². The van der Waals surface area contributed by atoms with Crippen molar-refractivity contribution in [3.8, 4) is 11.4 Å². The Labute approximate surface area is 174 Å². The van der Waals surface area contributed by atoms with E-state index >= 15 is 0 Å². The highest BCUT2D eigenvalue weighted by molar-refractivity contribution is 8.00. The SMILES string of the molecule is COC(=O)C(C)(C)C(=O)C(C)Sc1nc2ccccc2n1-c1ccc(OC)cc1. The van der Waals surface area contributed by atoms with Crippen molar-refractivity contribution in [3.63, 3.8) is 0 Å². The summed E-state index contributed by atoms with van der Waals surface area (Å²) in [6, 6.07) is 15.5. The first-order chi connectivity index (χ1) is 13.8. The van der Waals surface area contributed by atoms with E-state index in [1.54, 1.807) is 27.9 Å². The minimum atomic E-state index is -1.22. The molecule has 2 aromatic carbocycles. The number of methoxy groups -OCH3 is 2. The van der Waals surface area contributed by atoms with Crippen LogP contribution in [-0.2, 0) is 14.3 Å². The van der Waals surface area contributed by atoms with Crippen molar-refractivity contribution in [1.82, 2.24) is 9.55 Å². The lowest BCUT2D eigenvalue weighted by Crippen LogP contribution is -2.39. The van der Waals surface area contributed by atoms with Crippen LogP contribution in [0.15, 0.2) is 53.7 Å². The van der Waals surface area contributed by atoms with Gasteiger partial charge in [-0.25, -0.2) is 4.98 Å². The van der Waals surface area contributed by atoms with Crippen LogP contribution in [0.2, 0.25) is 0 Å². The summed E-state index contributed by atoms with van der Waals surface area (Å²) >= 11 is 1.33. The highest BCUT2D eigenvalue weighted by atomic mass is 32.2. The van der Waals surface area contributed by atoms with Crippen LogP contribution in [0.1, 0.15) is 20.8 Å². The molecule has 0 spiro atoms. The number of ketones is 1. The van der Waals surface area contributed by atoms with Gasteiger partial charge < -0.3 is 9.47 Å². The molecule has 3 aromatic rings. The minimum absolute atomic E-state index is 0.206. The molecular weight excluding hydrogens is 388 g/mol. The van der Waals surface area contributed by atoms with Crippen molar-refractivity contribution in [3.05, 3.63) is 48.5 Å². The zero-order valence-corrected chi connectivity index (χ0v) is 17.9. The molecule has 1 atom stereocenters. The number of carbonyl (C=O) groups excluding carboxylic acids is 2. The first-order valence-electron chi connectivity index (χ1n) is 9.21. The van der Waals surface area contributed by atoms with Gasteiger partial charge in [0.1, 0.15) is 11.2 Å². The van der Waals surface area contributed by atoms with Crippen LogP contribution in [0.5, 0.6) is 5.75 Å². The molecule has 0 saturated carbocycles.